The highest BCUT2D eigenvalue weighted by Crippen LogP contribution is 2.34. The lowest BCUT2D eigenvalue weighted by atomic mass is 10.2. The lowest BCUT2D eigenvalue weighted by molar-refractivity contribution is -0.126. The largest absolute Gasteiger partial charge is 0.345 e. The number of hydrogen-bond donors (Lipinski definition) is 0. The first kappa shape index (κ1) is 20.0. The molecule has 0 radical (unpaired) electrons. The summed E-state index contributed by atoms with van der Waals surface area (Å²) in [7, 11) is 1.82. The van der Waals surface area contributed by atoms with Gasteiger partial charge in [0.15, 0.2) is 5.16 Å². The van der Waals surface area contributed by atoms with Gasteiger partial charge in [-0.1, -0.05) is 72.4 Å². The molecule has 0 bridgehead atoms. The summed E-state index contributed by atoms with van der Waals surface area (Å²) in [6.45, 7) is 1.17. The average molecular weight is 448 g/mol. The van der Waals surface area contributed by atoms with Crippen molar-refractivity contribution in [2.24, 2.45) is 0 Å². The van der Waals surface area contributed by atoms with Gasteiger partial charge in [0.2, 0.25) is 5.91 Å². The van der Waals surface area contributed by atoms with Gasteiger partial charge in [-0.2, -0.15) is 0 Å². The molecule has 1 amide bonds. The van der Waals surface area contributed by atoms with E-state index in [1.165, 1.54) is 23.1 Å². The summed E-state index contributed by atoms with van der Waals surface area (Å²) in [5, 5.41) is 0.399. The molecule has 1 fully saturated rings. The first-order valence-corrected chi connectivity index (χ1v) is 11.8. The van der Waals surface area contributed by atoms with Crippen molar-refractivity contribution >= 4 is 39.2 Å². The zero-order valence-electron chi connectivity index (χ0n) is 17.0. The summed E-state index contributed by atoms with van der Waals surface area (Å²) in [6, 6.07) is 21.9. The van der Waals surface area contributed by atoms with Crippen LogP contribution < -0.4 is 5.56 Å². The Morgan fingerprint density at radius 1 is 1.06 bits per heavy atom. The minimum Gasteiger partial charge on any atom is -0.345 e. The number of aromatic nitrogens is 2. The van der Waals surface area contributed by atoms with Gasteiger partial charge in [0.05, 0.1) is 17.3 Å². The summed E-state index contributed by atoms with van der Waals surface area (Å²) in [5.74, 6) is 0.0981. The molecule has 2 aromatic carbocycles. The third-order valence-corrected chi connectivity index (χ3v) is 7.87. The SMILES string of the molecule is CN1CCC(Sc2nc3cc(-c4ccccc4)sc3c(=O)n2Cc2ccccc2)C1=O. The third kappa shape index (κ3) is 3.91. The Bertz CT molecular complexity index is 1300. The van der Waals surface area contributed by atoms with E-state index in [1.807, 2.05) is 73.8 Å². The van der Waals surface area contributed by atoms with Crippen LogP contribution in [0.1, 0.15) is 12.0 Å². The molecule has 1 aliphatic heterocycles. The molecule has 1 saturated heterocycles. The van der Waals surface area contributed by atoms with Gasteiger partial charge < -0.3 is 4.90 Å². The molecular weight excluding hydrogens is 426 g/mol. The molecule has 31 heavy (non-hydrogen) atoms. The van der Waals surface area contributed by atoms with E-state index in [0.717, 1.165) is 29.0 Å². The van der Waals surface area contributed by atoms with E-state index in [-0.39, 0.29) is 16.7 Å². The molecule has 5 rings (SSSR count). The Morgan fingerprint density at radius 3 is 2.45 bits per heavy atom. The molecule has 0 saturated carbocycles. The van der Waals surface area contributed by atoms with Crippen LogP contribution in [0.4, 0.5) is 0 Å². The van der Waals surface area contributed by atoms with E-state index in [4.69, 9.17) is 4.98 Å². The summed E-state index contributed by atoms with van der Waals surface area (Å²) >= 11 is 2.88. The molecular formula is C24H21N3O2S2. The number of carbonyl (C=O) groups excluding carboxylic acids is 1. The monoisotopic (exact) mass is 447 g/mol. The van der Waals surface area contributed by atoms with Crippen molar-refractivity contribution in [2.75, 3.05) is 13.6 Å². The van der Waals surface area contributed by atoms with Gasteiger partial charge in [-0.3, -0.25) is 14.2 Å². The molecule has 2 aromatic heterocycles. The van der Waals surface area contributed by atoms with Gasteiger partial charge >= 0.3 is 0 Å². The van der Waals surface area contributed by atoms with E-state index in [0.29, 0.717) is 21.9 Å². The molecule has 1 atom stereocenters. The van der Waals surface area contributed by atoms with Crippen molar-refractivity contribution in [1.82, 2.24) is 14.5 Å². The molecule has 0 N–H and O–H groups in total. The molecule has 156 valence electrons. The standard InChI is InChI=1S/C24H21N3O2S2/c1-26-13-12-19(22(26)28)31-24-25-18-14-20(17-10-6-3-7-11-17)30-21(18)23(29)27(24)15-16-8-4-2-5-9-16/h2-11,14,19H,12-13,15H2,1H3. The Kier molecular flexibility index (Phi) is 5.38. The predicted molar refractivity (Wildman–Crippen MR) is 127 cm³/mol. The number of nitrogens with zero attached hydrogens (tertiary/aromatic N) is 3. The van der Waals surface area contributed by atoms with E-state index < -0.39 is 0 Å². The number of amides is 1. The van der Waals surface area contributed by atoms with Gasteiger partial charge in [-0.25, -0.2) is 4.98 Å². The highest BCUT2D eigenvalue weighted by molar-refractivity contribution is 8.00. The van der Waals surface area contributed by atoms with Crippen LogP contribution >= 0.6 is 23.1 Å². The van der Waals surface area contributed by atoms with Crippen molar-refractivity contribution in [3.63, 3.8) is 0 Å². The van der Waals surface area contributed by atoms with Gasteiger partial charge in [0.1, 0.15) is 4.70 Å². The van der Waals surface area contributed by atoms with Gasteiger partial charge in [-0.05, 0) is 23.6 Å². The fourth-order valence-corrected chi connectivity index (χ4v) is 5.99. The van der Waals surface area contributed by atoms with Crippen LogP contribution in [0.5, 0.6) is 0 Å². The van der Waals surface area contributed by atoms with Crippen molar-refractivity contribution in [3.8, 4) is 10.4 Å². The number of likely N-dealkylation sites (tertiary alicyclic amines) is 1. The summed E-state index contributed by atoms with van der Waals surface area (Å²) in [6.07, 6.45) is 0.762. The second-order valence-electron chi connectivity index (χ2n) is 7.62. The van der Waals surface area contributed by atoms with Gasteiger partial charge in [0.25, 0.3) is 5.56 Å². The number of carbonyl (C=O) groups is 1. The van der Waals surface area contributed by atoms with Crippen molar-refractivity contribution in [3.05, 3.63) is 82.6 Å². The van der Waals surface area contributed by atoms with Crippen LogP contribution in [0, 0.1) is 0 Å². The maximum Gasteiger partial charge on any atom is 0.272 e. The Hall–Kier alpha value is -2.90. The fraction of sp³-hybridized carbons (Fsp3) is 0.208. The maximum atomic E-state index is 13.5. The van der Waals surface area contributed by atoms with Crippen molar-refractivity contribution in [1.29, 1.82) is 0 Å². The zero-order valence-corrected chi connectivity index (χ0v) is 18.7. The van der Waals surface area contributed by atoms with E-state index >= 15 is 0 Å². The third-order valence-electron chi connectivity index (χ3n) is 5.47. The molecule has 1 unspecified atom stereocenters. The first-order valence-electron chi connectivity index (χ1n) is 10.2. The number of fused-ring (bicyclic) bond motifs is 1. The normalized spacial score (nSPS) is 16.4. The molecule has 0 spiro atoms. The summed E-state index contributed by atoms with van der Waals surface area (Å²) in [5.41, 5.74) is 2.74. The molecule has 3 heterocycles. The van der Waals surface area contributed by atoms with E-state index in [9.17, 15) is 9.59 Å². The van der Waals surface area contributed by atoms with Crippen LogP contribution in [-0.4, -0.2) is 39.2 Å². The van der Waals surface area contributed by atoms with E-state index in [1.54, 1.807) is 9.47 Å². The molecule has 7 heteroatoms. The summed E-state index contributed by atoms with van der Waals surface area (Å²) < 4.78 is 2.37. The topological polar surface area (TPSA) is 55.2 Å². The fourth-order valence-electron chi connectivity index (χ4n) is 3.76. The lowest BCUT2D eigenvalue weighted by Gasteiger charge is -2.15. The van der Waals surface area contributed by atoms with Crippen LogP contribution in [0.3, 0.4) is 0 Å². The predicted octanol–water partition coefficient (Wildman–Crippen LogP) is 4.50. The number of benzene rings is 2. The van der Waals surface area contributed by atoms with E-state index in [2.05, 4.69) is 0 Å². The Morgan fingerprint density at radius 2 is 1.77 bits per heavy atom. The number of thiophene rings is 1. The smallest absolute Gasteiger partial charge is 0.272 e. The second kappa shape index (κ2) is 8.32. The van der Waals surface area contributed by atoms with Crippen molar-refractivity contribution in [2.45, 2.75) is 23.4 Å². The minimum atomic E-state index is -0.205. The number of thioether (sulfide) groups is 1. The second-order valence-corrected chi connectivity index (χ2v) is 9.84. The number of hydrogen-bond acceptors (Lipinski definition) is 5. The quantitative estimate of drug-likeness (QED) is 0.423. The maximum absolute atomic E-state index is 13.5. The van der Waals surface area contributed by atoms with Crippen LogP contribution in [0.2, 0.25) is 0 Å². The highest BCUT2D eigenvalue weighted by atomic mass is 32.2. The van der Waals surface area contributed by atoms with Crippen LogP contribution in [0.25, 0.3) is 20.7 Å². The highest BCUT2D eigenvalue weighted by Gasteiger charge is 2.31. The Balaban J connectivity index is 1.62. The molecule has 5 nitrogen and oxygen atoms in total. The minimum absolute atomic E-state index is 0.0534. The summed E-state index contributed by atoms with van der Waals surface area (Å²) in [4.78, 5) is 33.7. The zero-order chi connectivity index (χ0) is 21.4. The molecule has 1 aliphatic rings. The lowest BCUT2D eigenvalue weighted by Crippen LogP contribution is -2.27. The van der Waals surface area contributed by atoms with Gasteiger partial charge in [0, 0.05) is 18.5 Å². The molecule has 0 aliphatic carbocycles. The Labute approximate surface area is 188 Å². The average Bonchev–Trinajstić information content (AvgIpc) is 3.37. The van der Waals surface area contributed by atoms with Crippen LogP contribution in [0.15, 0.2) is 76.7 Å². The first-order chi connectivity index (χ1) is 15.1. The molecule has 4 aromatic rings. The van der Waals surface area contributed by atoms with Crippen LogP contribution in [-0.2, 0) is 11.3 Å². The number of rotatable bonds is 5. The van der Waals surface area contributed by atoms with Crippen molar-refractivity contribution < 1.29 is 4.79 Å². The van der Waals surface area contributed by atoms with Gasteiger partial charge in [-0.15, -0.1) is 11.3 Å².